The van der Waals surface area contributed by atoms with E-state index in [1.54, 1.807) is 4.80 Å². The number of rotatable bonds is 0. The predicted octanol–water partition coefficient (Wildman–Crippen LogP) is 6.94. The molecule has 0 unspecified atom stereocenters. The summed E-state index contributed by atoms with van der Waals surface area (Å²) in [6.45, 7) is 16.9. The zero-order valence-corrected chi connectivity index (χ0v) is 12.5. The van der Waals surface area contributed by atoms with Gasteiger partial charge in [-0.3, -0.25) is 0 Å². The highest BCUT2D eigenvalue weighted by Gasteiger charge is 1.94. The fourth-order valence-electron chi connectivity index (χ4n) is 0.601. The van der Waals surface area contributed by atoms with Crippen LogP contribution >= 0.6 is 0 Å². The minimum absolute atomic E-state index is 0. The predicted molar refractivity (Wildman–Crippen MR) is 105 cm³/mol. The van der Waals surface area contributed by atoms with E-state index in [1.807, 2.05) is 20.9 Å². The van der Waals surface area contributed by atoms with Gasteiger partial charge in [-0.2, -0.15) is 15.0 Å². The Morgan fingerprint density at radius 1 is 0.619 bits per heavy atom. The fraction of sp³-hybridized carbons (Fsp3) is 0.889. The number of hydrogen-bond donors (Lipinski definition) is 0. The minimum atomic E-state index is 0. The molecule has 1 rings (SSSR count). The monoisotopic (exact) mass is 307 g/mol. The molecule has 0 N–H and O–H groups in total. The number of aryl methyl sites for hydroxylation is 3. The molecule has 1 heterocycles. The zero-order valence-electron chi connectivity index (χ0n) is 12.5. The molecular weight excluding hydrogens is 258 g/mol. The van der Waals surface area contributed by atoms with Gasteiger partial charge in [0.15, 0.2) is 0 Å². The third-order valence-corrected chi connectivity index (χ3v) is 1.11. The molecule has 0 spiro atoms. The van der Waals surface area contributed by atoms with Crippen LogP contribution in [0.1, 0.15) is 90.1 Å². The SMILES string of the molecule is C.C.C.C.C.CC(C)C.CC(C)C.Cc1nn(C)nc1C. The van der Waals surface area contributed by atoms with E-state index in [4.69, 9.17) is 0 Å². The lowest BCUT2D eigenvalue weighted by atomic mass is 10.3. The second-order valence-corrected chi connectivity index (χ2v) is 5.32. The average molecular weight is 308 g/mol. The first kappa shape index (κ1) is 42.7. The van der Waals surface area contributed by atoms with Crippen molar-refractivity contribution in [3.8, 4) is 0 Å². The average Bonchev–Trinajstić information content (AvgIpc) is 2.26. The second-order valence-electron chi connectivity index (χ2n) is 5.32. The van der Waals surface area contributed by atoms with Crippen LogP contribution in [0.2, 0.25) is 0 Å². The molecule has 1 aromatic rings. The maximum atomic E-state index is 4.02. The van der Waals surface area contributed by atoms with Crippen LogP contribution in [-0.2, 0) is 7.05 Å². The van der Waals surface area contributed by atoms with E-state index < -0.39 is 0 Å². The molecule has 0 aliphatic carbocycles. The largest absolute Gasteiger partial charge is 0.188 e. The van der Waals surface area contributed by atoms with Crippen molar-refractivity contribution in [3.05, 3.63) is 11.4 Å². The number of aromatic nitrogens is 3. The van der Waals surface area contributed by atoms with Crippen molar-refractivity contribution in [1.82, 2.24) is 15.0 Å². The maximum Gasteiger partial charge on any atom is 0.0825 e. The number of nitrogens with zero attached hydrogens (tertiary/aromatic N) is 3. The maximum absolute atomic E-state index is 4.02. The van der Waals surface area contributed by atoms with Gasteiger partial charge >= 0.3 is 0 Å². The summed E-state index contributed by atoms with van der Waals surface area (Å²) < 4.78 is 0. The lowest BCUT2D eigenvalue weighted by molar-refractivity contribution is 0.646. The van der Waals surface area contributed by atoms with E-state index in [2.05, 4.69) is 51.7 Å². The van der Waals surface area contributed by atoms with E-state index in [-0.39, 0.29) is 37.1 Å². The van der Waals surface area contributed by atoms with Crippen molar-refractivity contribution in [3.63, 3.8) is 0 Å². The van der Waals surface area contributed by atoms with Gasteiger partial charge in [0, 0.05) is 7.05 Å². The van der Waals surface area contributed by atoms with E-state index >= 15 is 0 Å². The molecule has 136 valence electrons. The summed E-state index contributed by atoms with van der Waals surface area (Å²) in [4.78, 5) is 1.57. The van der Waals surface area contributed by atoms with E-state index in [1.165, 1.54) is 0 Å². The summed E-state index contributed by atoms with van der Waals surface area (Å²) in [5, 5.41) is 8.03. The normalized spacial score (nSPS) is 7.19. The molecule has 1 aromatic heterocycles. The van der Waals surface area contributed by atoms with Crippen LogP contribution in [-0.4, -0.2) is 15.0 Å². The van der Waals surface area contributed by atoms with Gasteiger partial charge in [-0.25, -0.2) is 0 Å². The smallest absolute Gasteiger partial charge is 0.0825 e. The highest BCUT2D eigenvalue weighted by molar-refractivity contribution is 5.02. The first-order valence-electron chi connectivity index (χ1n) is 6.01. The highest BCUT2D eigenvalue weighted by Crippen LogP contribution is 1.94. The van der Waals surface area contributed by atoms with Crippen LogP contribution < -0.4 is 0 Å². The summed E-state index contributed by atoms with van der Waals surface area (Å²) in [5.41, 5.74) is 2.01. The lowest BCUT2D eigenvalue weighted by Gasteiger charge is -1.79. The Balaban J connectivity index is -0.0000000271. The van der Waals surface area contributed by atoms with Gasteiger partial charge < -0.3 is 0 Å². The summed E-state index contributed by atoms with van der Waals surface area (Å²) in [5.74, 6) is 1.67. The Bertz CT molecular complexity index is 232. The van der Waals surface area contributed by atoms with Gasteiger partial charge in [0.2, 0.25) is 0 Å². The molecule has 0 aliphatic rings. The van der Waals surface area contributed by atoms with Crippen LogP contribution in [0.5, 0.6) is 0 Å². The third-order valence-electron chi connectivity index (χ3n) is 1.11. The minimum Gasteiger partial charge on any atom is -0.188 e. The summed E-state index contributed by atoms with van der Waals surface area (Å²) in [6, 6.07) is 0. The molecule has 3 heteroatoms. The molecule has 0 radical (unpaired) electrons. The van der Waals surface area contributed by atoms with Gasteiger partial charge in [-0.15, -0.1) is 0 Å². The Kier molecular flexibility index (Phi) is 49.2. The fourth-order valence-corrected chi connectivity index (χ4v) is 0.601. The third kappa shape index (κ3) is 45.3. The van der Waals surface area contributed by atoms with Crippen LogP contribution in [0.4, 0.5) is 0 Å². The molecule has 0 aromatic carbocycles. The van der Waals surface area contributed by atoms with E-state index in [9.17, 15) is 0 Å². The van der Waals surface area contributed by atoms with Crippen molar-refractivity contribution in [1.29, 1.82) is 0 Å². The number of hydrogen-bond acceptors (Lipinski definition) is 2. The van der Waals surface area contributed by atoms with Crippen molar-refractivity contribution >= 4 is 0 Å². The molecule has 0 fully saturated rings. The topological polar surface area (TPSA) is 30.7 Å². The summed E-state index contributed by atoms with van der Waals surface area (Å²) >= 11 is 0. The molecule has 0 atom stereocenters. The zero-order chi connectivity index (χ0) is 13.3. The van der Waals surface area contributed by atoms with Gasteiger partial charge in [-0.1, -0.05) is 78.7 Å². The Morgan fingerprint density at radius 3 is 0.810 bits per heavy atom. The first-order chi connectivity index (χ1) is 7.16. The van der Waals surface area contributed by atoms with Crippen molar-refractivity contribution in [2.45, 2.75) is 92.5 Å². The molecule has 0 aliphatic heterocycles. The molecule has 0 bridgehead atoms. The van der Waals surface area contributed by atoms with Crippen LogP contribution in [0, 0.1) is 25.7 Å². The van der Waals surface area contributed by atoms with Crippen molar-refractivity contribution < 1.29 is 0 Å². The first-order valence-corrected chi connectivity index (χ1v) is 6.01. The standard InChI is InChI=1S/C5H9N3.2C4H10.5CH4/c1-4-5(2)7-8(3)6-4;2*1-4(2)3;;;;;/h1-3H3;2*4H,1-3H3;5*1H4. The molecule has 0 amide bonds. The Morgan fingerprint density at radius 2 is 0.762 bits per heavy atom. The second kappa shape index (κ2) is 24.2. The highest BCUT2D eigenvalue weighted by atomic mass is 15.5. The van der Waals surface area contributed by atoms with Gasteiger partial charge in [0.05, 0.1) is 11.4 Å². The van der Waals surface area contributed by atoms with Crippen molar-refractivity contribution in [2.24, 2.45) is 18.9 Å². The van der Waals surface area contributed by atoms with Crippen LogP contribution in [0.25, 0.3) is 0 Å². The molecule has 0 saturated carbocycles. The Labute approximate surface area is 138 Å². The summed E-state index contributed by atoms with van der Waals surface area (Å²) in [7, 11) is 1.82. The quantitative estimate of drug-likeness (QED) is 0.520. The van der Waals surface area contributed by atoms with E-state index in [0.717, 1.165) is 23.2 Å². The van der Waals surface area contributed by atoms with E-state index in [0.29, 0.717) is 0 Å². The van der Waals surface area contributed by atoms with Gasteiger partial charge in [-0.05, 0) is 25.7 Å². The molecule has 0 saturated heterocycles. The van der Waals surface area contributed by atoms with Gasteiger partial charge in [0.25, 0.3) is 0 Å². The van der Waals surface area contributed by atoms with Gasteiger partial charge in [0.1, 0.15) is 0 Å². The Hall–Kier alpha value is -0.860. The molecule has 21 heavy (non-hydrogen) atoms. The van der Waals surface area contributed by atoms with Crippen LogP contribution in [0.3, 0.4) is 0 Å². The van der Waals surface area contributed by atoms with Crippen LogP contribution in [0.15, 0.2) is 0 Å². The molecular formula is C18H49N3. The molecule has 3 nitrogen and oxygen atoms in total. The lowest BCUT2D eigenvalue weighted by Crippen LogP contribution is -1.91. The summed E-state index contributed by atoms with van der Waals surface area (Å²) in [6.07, 6.45) is 0. The van der Waals surface area contributed by atoms with Crippen molar-refractivity contribution in [2.75, 3.05) is 0 Å².